The molecule has 0 aliphatic carbocycles. The van der Waals surface area contributed by atoms with Gasteiger partial charge in [-0.1, -0.05) is 13.8 Å². The Hall–Kier alpha value is -1.30. The van der Waals surface area contributed by atoms with Crippen molar-refractivity contribution in [2.75, 3.05) is 45.3 Å². The number of anilines is 1. The van der Waals surface area contributed by atoms with Gasteiger partial charge in [-0.15, -0.1) is 0 Å². The average molecular weight is 267 g/mol. The van der Waals surface area contributed by atoms with Gasteiger partial charge >= 0.3 is 0 Å². The molecular formula is C14H25N3O2. The van der Waals surface area contributed by atoms with Crippen LogP contribution in [0.4, 0.5) is 5.69 Å². The second kappa shape index (κ2) is 8.74. The van der Waals surface area contributed by atoms with Crippen molar-refractivity contribution < 1.29 is 9.94 Å². The van der Waals surface area contributed by atoms with Gasteiger partial charge in [0.15, 0.2) is 0 Å². The zero-order valence-corrected chi connectivity index (χ0v) is 12.1. The van der Waals surface area contributed by atoms with Gasteiger partial charge in [0, 0.05) is 19.3 Å². The summed E-state index contributed by atoms with van der Waals surface area (Å²) in [5.74, 6) is 0.870. The number of benzene rings is 1. The van der Waals surface area contributed by atoms with E-state index in [0.29, 0.717) is 13.3 Å². The van der Waals surface area contributed by atoms with Crippen LogP contribution in [0.3, 0.4) is 0 Å². The van der Waals surface area contributed by atoms with Crippen molar-refractivity contribution in [1.82, 2.24) is 9.96 Å². The highest BCUT2D eigenvalue weighted by atomic mass is 16.5. The smallest absolute Gasteiger partial charge is 0.119 e. The van der Waals surface area contributed by atoms with Crippen molar-refractivity contribution in [1.29, 1.82) is 0 Å². The Bertz CT molecular complexity index is 337. The number of rotatable bonds is 9. The molecule has 0 amide bonds. The molecule has 0 aliphatic heterocycles. The van der Waals surface area contributed by atoms with E-state index in [1.54, 1.807) is 7.05 Å². The number of nitrogens with one attached hydrogen (secondary N) is 1. The summed E-state index contributed by atoms with van der Waals surface area (Å²) in [7, 11) is 1.59. The highest BCUT2D eigenvalue weighted by Crippen LogP contribution is 2.15. The molecule has 0 spiro atoms. The maximum absolute atomic E-state index is 9.02. The van der Waals surface area contributed by atoms with Crippen LogP contribution in [0.25, 0.3) is 0 Å². The third-order valence-corrected chi connectivity index (χ3v) is 2.94. The van der Waals surface area contributed by atoms with Crippen LogP contribution in [0.15, 0.2) is 24.3 Å². The standard InChI is InChI=1S/C14H25N3O2/c1-4-17(5-2)10-11-19-14-8-6-13(7-9-14)15-12-16(3)18/h6-9,15,18H,4-5,10-12H2,1-3H3. The highest BCUT2D eigenvalue weighted by Gasteiger charge is 2.00. The molecule has 0 unspecified atom stereocenters. The molecule has 108 valence electrons. The topological polar surface area (TPSA) is 48.0 Å². The first kappa shape index (κ1) is 15.8. The van der Waals surface area contributed by atoms with Crippen molar-refractivity contribution >= 4 is 5.69 Å². The fourth-order valence-electron chi connectivity index (χ4n) is 1.71. The number of hydrogen-bond acceptors (Lipinski definition) is 5. The molecule has 0 saturated heterocycles. The van der Waals surface area contributed by atoms with Crippen LogP contribution < -0.4 is 10.1 Å². The number of ether oxygens (including phenoxy) is 1. The van der Waals surface area contributed by atoms with E-state index < -0.39 is 0 Å². The Kier molecular flexibility index (Phi) is 7.25. The van der Waals surface area contributed by atoms with Gasteiger partial charge in [-0.05, 0) is 37.4 Å². The van der Waals surface area contributed by atoms with Gasteiger partial charge in [0.25, 0.3) is 0 Å². The first-order chi connectivity index (χ1) is 9.15. The summed E-state index contributed by atoms with van der Waals surface area (Å²) in [6.45, 7) is 8.46. The number of hydrogen-bond donors (Lipinski definition) is 2. The third kappa shape index (κ3) is 6.42. The zero-order chi connectivity index (χ0) is 14.1. The largest absolute Gasteiger partial charge is 0.492 e. The summed E-state index contributed by atoms with van der Waals surface area (Å²) in [6, 6.07) is 7.75. The highest BCUT2D eigenvalue weighted by molar-refractivity contribution is 5.46. The van der Waals surface area contributed by atoms with E-state index in [-0.39, 0.29) is 0 Å². The molecule has 0 saturated carbocycles. The maximum atomic E-state index is 9.02. The maximum Gasteiger partial charge on any atom is 0.119 e. The molecule has 0 fully saturated rings. The minimum absolute atomic E-state index is 0.391. The van der Waals surface area contributed by atoms with Crippen LogP contribution in [0.2, 0.25) is 0 Å². The Balaban J connectivity index is 2.31. The predicted octanol–water partition coefficient (Wildman–Crippen LogP) is 2.10. The molecule has 0 atom stereocenters. The third-order valence-electron chi connectivity index (χ3n) is 2.94. The number of likely N-dealkylation sites (N-methyl/N-ethyl adjacent to an activating group) is 1. The first-order valence-electron chi connectivity index (χ1n) is 6.74. The van der Waals surface area contributed by atoms with E-state index in [1.165, 1.54) is 0 Å². The van der Waals surface area contributed by atoms with Crippen molar-refractivity contribution in [3.05, 3.63) is 24.3 Å². The van der Waals surface area contributed by atoms with E-state index in [1.807, 2.05) is 24.3 Å². The zero-order valence-electron chi connectivity index (χ0n) is 12.1. The fraction of sp³-hybridized carbons (Fsp3) is 0.571. The van der Waals surface area contributed by atoms with Gasteiger partial charge < -0.3 is 20.2 Å². The van der Waals surface area contributed by atoms with E-state index in [0.717, 1.165) is 36.1 Å². The molecule has 0 radical (unpaired) electrons. The fourth-order valence-corrected chi connectivity index (χ4v) is 1.71. The van der Waals surface area contributed by atoms with Gasteiger partial charge in [-0.2, -0.15) is 5.06 Å². The Labute approximate surface area is 115 Å². The molecule has 1 rings (SSSR count). The van der Waals surface area contributed by atoms with E-state index in [9.17, 15) is 0 Å². The van der Waals surface area contributed by atoms with Gasteiger partial charge in [0.05, 0.1) is 6.67 Å². The molecule has 1 aromatic carbocycles. The molecule has 1 aromatic rings. The summed E-state index contributed by atoms with van der Waals surface area (Å²) in [4.78, 5) is 2.33. The molecule has 0 heterocycles. The normalized spacial score (nSPS) is 11.1. The molecule has 19 heavy (non-hydrogen) atoms. The predicted molar refractivity (Wildman–Crippen MR) is 77.8 cm³/mol. The lowest BCUT2D eigenvalue weighted by Crippen LogP contribution is -2.27. The van der Waals surface area contributed by atoms with Crippen LogP contribution in [0.1, 0.15) is 13.8 Å². The van der Waals surface area contributed by atoms with Gasteiger partial charge in [0.2, 0.25) is 0 Å². The van der Waals surface area contributed by atoms with Crippen molar-refractivity contribution in [3.8, 4) is 5.75 Å². The van der Waals surface area contributed by atoms with Gasteiger partial charge in [-0.3, -0.25) is 0 Å². The summed E-state index contributed by atoms with van der Waals surface area (Å²) < 4.78 is 5.69. The lowest BCUT2D eigenvalue weighted by molar-refractivity contribution is -0.0575. The molecule has 5 nitrogen and oxygen atoms in total. The lowest BCUT2D eigenvalue weighted by atomic mass is 10.3. The minimum Gasteiger partial charge on any atom is -0.492 e. The van der Waals surface area contributed by atoms with E-state index >= 15 is 0 Å². The Morgan fingerprint density at radius 1 is 1.16 bits per heavy atom. The van der Waals surface area contributed by atoms with Crippen LogP contribution in [0, 0.1) is 0 Å². The molecule has 0 aliphatic rings. The average Bonchev–Trinajstić information content (AvgIpc) is 2.42. The summed E-state index contributed by atoms with van der Waals surface area (Å²) in [6.07, 6.45) is 0. The van der Waals surface area contributed by atoms with Crippen molar-refractivity contribution in [2.45, 2.75) is 13.8 Å². The number of nitrogens with zero attached hydrogens (tertiary/aromatic N) is 2. The first-order valence-corrected chi connectivity index (χ1v) is 6.74. The quantitative estimate of drug-likeness (QED) is 0.530. The van der Waals surface area contributed by atoms with Crippen LogP contribution in [-0.2, 0) is 0 Å². The van der Waals surface area contributed by atoms with Crippen LogP contribution >= 0.6 is 0 Å². The Morgan fingerprint density at radius 3 is 2.32 bits per heavy atom. The molecular weight excluding hydrogens is 242 g/mol. The monoisotopic (exact) mass is 267 g/mol. The Morgan fingerprint density at radius 2 is 1.79 bits per heavy atom. The minimum atomic E-state index is 0.391. The van der Waals surface area contributed by atoms with Crippen LogP contribution in [0.5, 0.6) is 5.75 Å². The SMILES string of the molecule is CCN(CC)CCOc1ccc(NCN(C)O)cc1. The van der Waals surface area contributed by atoms with Crippen molar-refractivity contribution in [3.63, 3.8) is 0 Å². The van der Waals surface area contributed by atoms with Gasteiger partial charge in [-0.25, -0.2) is 0 Å². The second-order valence-electron chi connectivity index (χ2n) is 4.39. The summed E-state index contributed by atoms with van der Waals surface area (Å²) >= 11 is 0. The van der Waals surface area contributed by atoms with Crippen LogP contribution in [-0.4, -0.2) is 55.1 Å². The molecule has 0 aromatic heterocycles. The summed E-state index contributed by atoms with van der Waals surface area (Å²) in [5.41, 5.74) is 0.956. The lowest BCUT2D eigenvalue weighted by Gasteiger charge is -2.18. The van der Waals surface area contributed by atoms with E-state index in [4.69, 9.17) is 9.94 Å². The molecule has 0 bridgehead atoms. The molecule has 5 heteroatoms. The molecule has 2 N–H and O–H groups in total. The summed E-state index contributed by atoms with van der Waals surface area (Å²) in [5, 5.41) is 13.2. The van der Waals surface area contributed by atoms with E-state index in [2.05, 4.69) is 24.1 Å². The second-order valence-corrected chi connectivity index (χ2v) is 4.39. The number of hydroxylamine groups is 2. The van der Waals surface area contributed by atoms with Crippen molar-refractivity contribution in [2.24, 2.45) is 0 Å². The van der Waals surface area contributed by atoms with Gasteiger partial charge in [0.1, 0.15) is 12.4 Å².